The second-order valence-corrected chi connectivity index (χ2v) is 6.39. The third kappa shape index (κ3) is 4.70. The summed E-state index contributed by atoms with van der Waals surface area (Å²) in [6, 6.07) is 9.30. The molecule has 0 unspecified atom stereocenters. The van der Waals surface area contributed by atoms with Crippen molar-refractivity contribution in [2.75, 3.05) is 5.75 Å². The Morgan fingerprint density at radius 1 is 1.38 bits per heavy atom. The zero-order valence-electron chi connectivity index (χ0n) is 11.3. The van der Waals surface area contributed by atoms with Crippen LogP contribution in [0.5, 0.6) is 0 Å². The van der Waals surface area contributed by atoms with E-state index in [0.717, 1.165) is 11.1 Å². The van der Waals surface area contributed by atoms with Crippen molar-refractivity contribution < 1.29 is 12.8 Å². The standard InChI is InChI=1S/C14H15N3O3S/c15-6-1-2-7-21(18,19)17-9-12-4-3-5-13(8-12)14-10-16-11-20-14/h3-5,8,10-11,17H,1-2,7,9H2. The van der Waals surface area contributed by atoms with Gasteiger partial charge in [-0.2, -0.15) is 5.26 Å². The van der Waals surface area contributed by atoms with Crippen molar-refractivity contribution in [2.24, 2.45) is 0 Å². The minimum Gasteiger partial charge on any atom is -0.444 e. The molecule has 0 atom stereocenters. The van der Waals surface area contributed by atoms with Crippen LogP contribution in [-0.4, -0.2) is 19.2 Å². The predicted octanol–water partition coefficient (Wildman–Crippen LogP) is 2.06. The summed E-state index contributed by atoms with van der Waals surface area (Å²) in [5, 5.41) is 8.41. The number of sulfonamides is 1. The molecule has 21 heavy (non-hydrogen) atoms. The van der Waals surface area contributed by atoms with E-state index >= 15 is 0 Å². The highest BCUT2D eigenvalue weighted by Crippen LogP contribution is 2.19. The summed E-state index contributed by atoms with van der Waals surface area (Å²) >= 11 is 0. The Kier molecular flexibility index (Phi) is 5.09. The molecule has 0 bridgehead atoms. The van der Waals surface area contributed by atoms with Gasteiger partial charge in [-0.25, -0.2) is 18.1 Å². The van der Waals surface area contributed by atoms with E-state index in [1.165, 1.54) is 6.39 Å². The number of nitrogens with one attached hydrogen (secondary N) is 1. The van der Waals surface area contributed by atoms with Crippen LogP contribution in [0.25, 0.3) is 11.3 Å². The van der Waals surface area contributed by atoms with E-state index in [-0.39, 0.29) is 18.7 Å². The second kappa shape index (κ2) is 7.02. The molecule has 1 aromatic heterocycles. The first-order valence-electron chi connectivity index (χ1n) is 6.43. The molecule has 0 aliphatic carbocycles. The molecule has 0 aliphatic heterocycles. The first kappa shape index (κ1) is 15.2. The van der Waals surface area contributed by atoms with E-state index in [1.807, 2.05) is 30.3 Å². The molecule has 1 heterocycles. The van der Waals surface area contributed by atoms with Gasteiger partial charge in [0.05, 0.1) is 18.0 Å². The molecule has 0 amide bonds. The van der Waals surface area contributed by atoms with Crippen LogP contribution in [0.4, 0.5) is 0 Å². The fourth-order valence-electron chi connectivity index (χ4n) is 1.80. The number of benzene rings is 1. The van der Waals surface area contributed by atoms with Crippen molar-refractivity contribution in [3.8, 4) is 17.4 Å². The maximum absolute atomic E-state index is 11.7. The summed E-state index contributed by atoms with van der Waals surface area (Å²) in [7, 11) is -3.36. The molecule has 6 nitrogen and oxygen atoms in total. The van der Waals surface area contributed by atoms with Gasteiger partial charge in [0, 0.05) is 18.5 Å². The molecule has 0 aliphatic rings. The Hall–Kier alpha value is -2.17. The molecule has 1 aromatic carbocycles. The summed E-state index contributed by atoms with van der Waals surface area (Å²) in [4.78, 5) is 3.85. The molecule has 0 spiro atoms. The SMILES string of the molecule is N#CCCCS(=O)(=O)NCc1cccc(-c2cnco2)c1. The number of aromatic nitrogens is 1. The average molecular weight is 305 g/mol. The van der Waals surface area contributed by atoms with E-state index in [1.54, 1.807) is 6.20 Å². The van der Waals surface area contributed by atoms with Crippen LogP contribution in [-0.2, 0) is 16.6 Å². The van der Waals surface area contributed by atoms with Crippen molar-refractivity contribution in [2.45, 2.75) is 19.4 Å². The maximum Gasteiger partial charge on any atom is 0.211 e. The number of nitrogens with zero attached hydrogens (tertiary/aromatic N) is 2. The lowest BCUT2D eigenvalue weighted by atomic mass is 10.1. The van der Waals surface area contributed by atoms with Gasteiger partial charge in [0.15, 0.2) is 12.2 Å². The highest BCUT2D eigenvalue weighted by Gasteiger charge is 2.10. The predicted molar refractivity (Wildman–Crippen MR) is 77.4 cm³/mol. The maximum atomic E-state index is 11.7. The van der Waals surface area contributed by atoms with Gasteiger partial charge in [0.2, 0.25) is 10.0 Å². The second-order valence-electron chi connectivity index (χ2n) is 4.47. The van der Waals surface area contributed by atoms with Crippen molar-refractivity contribution >= 4 is 10.0 Å². The summed E-state index contributed by atoms with van der Waals surface area (Å²) in [6.07, 6.45) is 3.52. The molecule has 7 heteroatoms. The van der Waals surface area contributed by atoms with E-state index in [0.29, 0.717) is 12.2 Å². The lowest BCUT2D eigenvalue weighted by Crippen LogP contribution is -2.25. The Labute approximate surface area is 123 Å². The number of rotatable bonds is 7. The summed E-state index contributed by atoms with van der Waals surface area (Å²) in [5.74, 6) is 0.594. The monoisotopic (exact) mass is 305 g/mol. The van der Waals surface area contributed by atoms with Crippen molar-refractivity contribution in [3.63, 3.8) is 0 Å². The van der Waals surface area contributed by atoms with Crippen molar-refractivity contribution in [1.29, 1.82) is 5.26 Å². The van der Waals surface area contributed by atoms with Crippen LogP contribution in [0.1, 0.15) is 18.4 Å². The van der Waals surface area contributed by atoms with Crippen LogP contribution in [0.3, 0.4) is 0 Å². The molecule has 1 N–H and O–H groups in total. The highest BCUT2D eigenvalue weighted by atomic mass is 32.2. The summed E-state index contributed by atoms with van der Waals surface area (Å²) in [5.41, 5.74) is 1.67. The van der Waals surface area contributed by atoms with Gasteiger partial charge in [0.25, 0.3) is 0 Å². The zero-order chi connectivity index (χ0) is 15.1. The molecule has 0 fully saturated rings. The van der Waals surface area contributed by atoms with Crippen LogP contribution in [0.2, 0.25) is 0 Å². The average Bonchev–Trinajstić information content (AvgIpc) is 3.00. The quantitative estimate of drug-likeness (QED) is 0.790. The normalized spacial score (nSPS) is 11.2. The summed E-state index contributed by atoms with van der Waals surface area (Å²) in [6.45, 7) is 0.205. The van der Waals surface area contributed by atoms with Gasteiger partial charge < -0.3 is 4.42 Å². The molecule has 0 saturated carbocycles. The molecule has 2 aromatic rings. The van der Waals surface area contributed by atoms with Crippen molar-refractivity contribution in [1.82, 2.24) is 9.71 Å². The van der Waals surface area contributed by atoms with Gasteiger partial charge in [-0.1, -0.05) is 18.2 Å². The van der Waals surface area contributed by atoms with E-state index < -0.39 is 10.0 Å². The Balaban J connectivity index is 1.98. The molecule has 110 valence electrons. The summed E-state index contributed by atoms with van der Waals surface area (Å²) < 4.78 is 31.2. The fraction of sp³-hybridized carbons (Fsp3) is 0.286. The van der Waals surface area contributed by atoms with Gasteiger partial charge in [0.1, 0.15) is 0 Å². The first-order valence-corrected chi connectivity index (χ1v) is 8.08. The van der Waals surface area contributed by atoms with Gasteiger partial charge in [-0.05, 0) is 18.1 Å². The molecular weight excluding hydrogens is 290 g/mol. The first-order chi connectivity index (χ1) is 10.1. The van der Waals surface area contributed by atoms with Crippen LogP contribution in [0.15, 0.2) is 41.3 Å². The largest absolute Gasteiger partial charge is 0.444 e. The van der Waals surface area contributed by atoms with Gasteiger partial charge in [-0.15, -0.1) is 0 Å². The van der Waals surface area contributed by atoms with Crippen LogP contribution in [0, 0.1) is 11.3 Å². The Bertz CT molecular complexity index is 718. The van der Waals surface area contributed by atoms with E-state index in [4.69, 9.17) is 9.68 Å². The van der Waals surface area contributed by atoms with E-state index in [2.05, 4.69) is 9.71 Å². The van der Waals surface area contributed by atoms with Crippen molar-refractivity contribution in [3.05, 3.63) is 42.4 Å². The fourth-order valence-corrected chi connectivity index (χ4v) is 2.85. The minimum absolute atomic E-state index is 0.0393. The Morgan fingerprint density at radius 2 is 2.24 bits per heavy atom. The van der Waals surface area contributed by atoms with Crippen LogP contribution < -0.4 is 4.72 Å². The van der Waals surface area contributed by atoms with E-state index in [9.17, 15) is 8.42 Å². The molecular formula is C14H15N3O3S. The topological polar surface area (TPSA) is 96.0 Å². The highest BCUT2D eigenvalue weighted by molar-refractivity contribution is 7.89. The number of nitriles is 1. The third-order valence-corrected chi connectivity index (χ3v) is 4.25. The smallest absolute Gasteiger partial charge is 0.211 e. The van der Waals surface area contributed by atoms with Gasteiger partial charge in [-0.3, -0.25) is 0 Å². The number of unbranched alkanes of at least 4 members (excludes halogenated alkanes) is 1. The van der Waals surface area contributed by atoms with Crippen LogP contribution >= 0.6 is 0 Å². The number of hydrogen-bond acceptors (Lipinski definition) is 5. The zero-order valence-corrected chi connectivity index (χ0v) is 12.1. The lowest BCUT2D eigenvalue weighted by molar-refractivity contribution is 0.572. The molecule has 0 radical (unpaired) electrons. The van der Waals surface area contributed by atoms with Gasteiger partial charge >= 0.3 is 0 Å². The third-order valence-electron chi connectivity index (χ3n) is 2.84. The molecule has 0 saturated heterocycles. The number of oxazole rings is 1. The Morgan fingerprint density at radius 3 is 2.95 bits per heavy atom. The lowest BCUT2D eigenvalue weighted by Gasteiger charge is -2.07. The number of hydrogen-bond donors (Lipinski definition) is 1. The minimum atomic E-state index is -3.36. The molecule has 2 rings (SSSR count).